The summed E-state index contributed by atoms with van der Waals surface area (Å²) in [5.74, 6) is 0.839. The van der Waals surface area contributed by atoms with E-state index in [9.17, 15) is 9.59 Å². The van der Waals surface area contributed by atoms with Crippen molar-refractivity contribution in [2.24, 2.45) is 0 Å². The molecule has 0 spiro atoms. The maximum atomic E-state index is 12.8. The molecule has 1 fully saturated rings. The predicted molar refractivity (Wildman–Crippen MR) is 107 cm³/mol. The number of nitrogens with zero attached hydrogens (tertiary/aromatic N) is 1. The second-order valence-electron chi connectivity index (χ2n) is 7.70. The Morgan fingerprint density at radius 1 is 1.11 bits per heavy atom. The van der Waals surface area contributed by atoms with Crippen molar-refractivity contribution in [1.82, 2.24) is 10.2 Å². The first kappa shape index (κ1) is 18.5. The second kappa shape index (κ2) is 7.66. The topological polar surface area (TPSA) is 58.6 Å². The van der Waals surface area contributed by atoms with Crippen LogP contribution in [0.15, 0.2) is 48.5 Å². The molecule has 1 heterocycles. The van der Waals surface area contributed by atoms with Gasteiger partial charge in [0, 0.05) is 25.1 Å². The number of amides is 2. The summed E-state index contributed by atoms with van der Waals surface area (Å²) in [6, 6.07) is 15.6. The monoisotopic (exact) mass is 378 g/mol. The first-order valence-corrected chi connectivity index (χ1v) is 9.94. The molecule has 0 aromatic heterocycles. The zero-order valence-electron chi connectivity index (χ0n) is 16.2. The van der Waals surface area contributed by atoms with E-state index in [0.29, 0.717) is 19.5 Å². The van der Waals surface area contributed by atoms with Gasteiger partial charge in [0.25, 0.3) is 5.91 Å². The van der Waals surface area contributed by atoms with Crippen LogP contribution in [0, 0.1) is 0 Å². The van der Waals surface area contributed by atoms with Crippen molar-refractivity contribution in [3.63, 3.8) is 0 Å². The minimum Gasteiger partial charge on any atom is -0.497 e. The highest BCUT2D eigenvalue weighted by molar-refractivity contribution is 5.98. The molecule has 1 N–H and O–H groups in total. The fraction of sp³-hybridized carbons (Fsp3) is 0.391. The Balaban J connectivity index is 1.40. The molecular formula is C23H26N2O3. The molecule has 1 aliphatic carbocycles. The summed E-state index contributed by atoms with van der Waals surface area (Å²) in [6.07, 6.45) is 4.41. The molecule has 1 aliphatic heterocycles. The van der Waals surface area contributed by atoms with Crippen LogP contribution in [0.1, 0.15) is 53.6 Å². The van der Waals surface area contributed by atoms with E-state index in [-0.39, 0.29) is 17.4 Å². The molecule has 1 saturated carbocycles. The minimum atomic E-state index is -0.304. The van der Waals surface area contributed by atoms with Crippen molar-refractivity contribution < 1.29 is 14.3 Å². The lowest BCUT2D eigenvalue weighted by atomic mass is 9.88. The van der Waals surface area contributed by atoms with Gasteiger partial charge in [-0.25, -0.2) is 0 Å². The number of carbonyl (C=O) groups excluding carboxylic acids is 2. The van der Waals surface area contributed by atoms with E-state index >= 15 is 0 Å². The van der Waals surface area contributed by atoms with E-state index in [4.69, 9.17) is 4.74 Å². The summed E-state index contributed by atoms with van der Waals surface area (Å²) in [4.78, 5) is 27.0. The van der Waals surface area contributed by atoms with Gasteiger partial charge in [-0.15, -0.1) is 0 Å². The van der Waals surface area contributed by atoms with E-state index < -0.39 is 0 Å². The van der Waals surface area contributed by atoms with Crippen molar-refractivity contribution in [1.29, 1.82) is 0 Å². The van der Waals surface area contributed by atoms with Crippen molar-refractivity contribution in [2.45, 2.75) is 44.2 Å². The highest BCUT2D eigenvalue weighted by Gasteiger charge is 2.37. The van der Waals surface area contributed by atoms with E-state index in [2.05, 4.69) is 5.32 Å². The molecule has 2 aliphatic rings. The lowest BCUT2D eigenvalue weighted by Crippen LogP contribution is -2.44. The molecule has 0 radical (unpaired) electrons. The number of ether oxygens (including phenoxy) is 1. The Kier molecular flexibility index (Phi) is 5.07. The summed E-state index contributed by atoms with van der Waals surface area (Å²) in [5, 5.41) is 3.29. The van der Waals surface area contributed by atoms with Crippen molar-refractivity contribution in [3.8, 4) is 5.75 Å². The van der Waals surface area contributed by atoms with Gasteiger partial charge in [0.05, 0.1) is 12.6 Å². The number of benzene rings is 2. The second-order valence-corrected chi connectivity index (χ2v) is 7.70. The quantitative estimate of drug-likeness (QED) is 0.835. The SMILES string of the molecule is COc1ccc(C2(NC(=O)CCN3Cc4ccccc4C3=O)CCCC2)cc1. The normalized spacial score (nSPS) is 17.5. The molecule has 2 aromatic rings. The number of carbonyl (C=O) groups is 2. The number of rotatable bonds is 6. The van der Waals surface area contributed by atoms with E-state index in [0.717, 1.165) is 48.1 Å². The third kappa shape index (κ3) is 3.49. The predicted octanol–water partition coefficient (Wildman–Crippen LogP) is 3.63. The smallest absolute Gasteiger partial charge is 0.254 e. The molecule has 0 bridgehead atoms. The van der Waals surface area contributed by atoms with Crippen LogP contribution in [0.4, 0.5) is 0 Å². The van der Waals surface area contributed by atoms with Gasteiger partial charge in [0.15, 0.2) is 0 Å². The van der Waals surface area contributed by atoms with Crippen molar-refractivity contribution in [3.05, 3.63) is 65.2 Å². The molecule has 0 saturated heterocycles. The average molecular weight is 378 g/mol. The van der Waals surface area contributed by atoms with Gasteiger partial charge in [-0.2, -0.15) is 0 Å². The van der Waals surface area contributed by atoms with Crippen LogP contribution in [-0.4, -0.2) is 30.4 Å². The summed E-state index contributed by atoms with van der Waals surface area (Å²) >= 11 is 0. The Morgan fingerprint density at radius 2 is 1.82 bits per heavy atom. The largest absolute Gasteiger partial charge is 0.497 e. The standard InChI is InChI=1S/C23H26N2O3/c1-28-19-10-8-18(9-11-19)23(13-4-5-14-23)24-21(26)12-15-25-16-17-6-2-3-7-20(17)22(25)27/h2-3,6-11H,4-5,12-16H2,1H3,(H,24,26). The lowest BCUT2D eigenvalue weighted by Gasteiger charge is -2.31. The fourth-order valence-corrected chi connectivity index (χ4v) is 4.44. The molecule has 146 valence electrons. The maximum absolute atomic E-state index is 12.8. The Bertz CT molecular complexity index is 870. The first-order valence-electron chi connectivity index (χ1n) is 9.94. The third-order valence-corrected chi connectivity index (χ3v) is 5.98. The molecule has 5 heteroatoms. The van der Waals surface area contributed by atoms with Gasteiger partial charge in [0.1, 0.15) is 5.75 Å². The minimum absolute atomic E-state index is 0.00136. The van der Waals surface area contributed by atoms with Crippen LogP contribution < -0.4 is 10.1 Å². The number of fused-ring (bicyclic) bond motifs is 1. The van der Waals surface area contributed by atoms with Gasteiger partial charge in [-0.05, 0) is 42.2 Å². The van der Waals surface area contributed by atoms with Crippen LogP contribution in [0.2, 0.25) is 0 Å². The van der Waals surface area contributed by atoms with Crippen molar-refractivity contribution >= 4 is 11.8 Å². The first-order chi connectivity index (χ1) is 13.6. The summed E-state index contributed by atoms with van der Waals surface area (Å²) in [6.45, 7) is 1.03. The van der Waals surface area contributed by atoms with E-state index in [1.165, 1.54) is 0 Å². The Hall–Kier alpha value is -2.82. The van der Waals surface area contributed by atoms with Crippen LogP contribution in [-0.2, 0) is 16.9 Å². The molecule has 5 nitrogen and oxygen atoms in total. The van der Waals surface area contributed by atoms with Gasteiger partial charge in [-0.3, -0.25) is 9.59 Å². The Labute approximate surface area is 165 Å². The summed E-state index contributed by atoms with van der Waals surface area (Å²) in [7, 11) is 1.65. The number of hydrogen-bond acceptors (Lipinski definition) is 3. The number of hydrogen-bond donors (Lipinski definition) is 1. The zero-order chi connectivity index (χ0) is 19.6. The van der Waals surface area contributed by atoms with Gasteiger partial charge < -0.3 is 15.0 Å². The molecule has 0 unspecified atom stereocenters. The Morgan fingerprint density at radius 3 is 2.50 bits per heavy atom. The van der Waals surface area contributed by atoms with Gasteiger partial charge in [0.2, 0.25) is 5.91 Å². The molecule has 4 rings (SSSR count). The van der Waals surface area contributed by atoms with Gasteiger partial charge >= 0.3 is 0 Å². The van der Waals surface area contributed by atoms with E-state index in [1.54, 1.807) is 12.0 Å². The third-order valence-electron chi connectivity index (χ3n) is 5.98. The van der Waals surface area contributed by atoms with Crippen LogP contribution in [0.5, 0.6) is 5.75 Å². The number of methoxy groups -OCH3 is 1. The van der Waals surface area contributed by atoms with Crippen LogP contribution in [0.25, 0.3) is 0 Å². The lowest BCUT2D eigenvalue weighted by molar-refractivity contribution is -0.123. The van der Waals surface area contributed by atoms with Gasteiger partial charge in [-0.1, -0.05) is 43.2 Å². The number of nitrogens with one attached hydrogen (secondary N) is 1. The molecule has 2 aromatic carbocycles. The zero-order valence-corrected chi connectivity index (χ0v) is 16.2. The average Bonchev–Trinajstić information content (AvgIpc) is 3.32. The highest BCUT2D eigenvalue weighted by Crippen LogP contribution is 2.39. The fourth-order valence-electron chi connectivity index (χ4n) is 4.44. The van der Waals surface area contributed by atoms with Crippen molar-refractivity contribution in [2.75, 3.05) is 13.7 Å². The maximum Gasteiger partial charge on any atom is 0.254 e. The summed E-state index contributed by atoms with van der Waals surface area (Å²) < 4.78 is 5.25. The molecule has 0 atom stereocenters. The van der Waals surface area contributed by atoms with Crippen LogP contribution >= 0.6 is 0 Å². The van der Waals surface area contributed by atoms with E-state index in [1.807, 2.05) is 48.5 Å². The molecule has 28 heavy (non-hydrogen) atoms. The van der Waals surface area contributed by atoms with Crippen LogP contribution in [0.3, 0.4) is 0 Å². The molecule has 2 amide bonds. The highest BCUT2D eigenvalue weighted by atomic mass is 16.5. The summed E-state index contributed by atoms with van der Waals surface area (Å²) in [5.41, 5.74) is 2.62. The molecular weight excluding hydrogens is 352 g/mol.